The number of hydrogen-bond donors (Lipinski definition) is 2. The number of nitrogens with one attached hydrogen (secondary N) is 2. The summed E-state index contributed by atoms with van der Waals surface area (Å²) in [6.45, 7) is 3.65. The highest BCUT2D eigenvalue weighted by molar-refractivity contribution is 7.94. The van der Waals surface area contributed by atoms with Gasteiger partial charge in [-0.2, -0.15) is 0 Å². The molecule has 0 spiro atoms. The molecule has 3 aromatic rings. The molecule has 31 heavy (non-hydrogen) atoms. The maximum Gasteiger partial charge on any atom is 0.271 e. The number of carbonyl (C=O) groups is 1. The van der Waals surface area contributed by atoms with Gasteiger partial charge in [-0.1, -0.05) is 42.5 Å². The number of anilines is 1. The number of carbonyl (C=O) groups excluding carboxylic acids is 1. The number of nitrogens with zero attached hydrogens (tertiary/aromatic N) is 1. The van der Waals surface area contributed by atoms with E-state index in [1.54, 1.807) is 35.7 Å². The van der Waals surface area contributed by atoms with Gasteiger partial charge in [-0.25, -0.2) is 8.42 Å². The minimum absolute atomic E-state index is 0.205. The Labute approximate surface area is 187 Å². The predicted molar refractivity (Wildman–Crippen MR) is 124 cm³/mol. The number of hydrogen-bond acceptors (Lipinski definition) is 5. The largest absolute Gasteiger partial charge is 0.348 e. The Kier molecular flexibility index (Phi) is 6.70. The molecule has 162 valence electrons. The topological polar surface area (TPSA) is 78.5 Å². The van der Waals surface area contributed by atoms with Crippen molar-refractivity contribution in [2.45, 2.75) is 30.1 Å². The molecule has 0 bridgehead atoms. The van der Waals surface area contributed by atoms with Crippen LogP contribution in [0.25, 0.3) is 0 Å². The molecule has 1 fully saturated rings. The molecule has 6 nitrogen and oxygen atoms in total. The monoisotopic (exact) mass is 455 g/mol. The highest BCUT2D eigenvalue weighted by Gasteiger charge is 2.19. The van der Waals surface area contributed by atoms with Gasteiger partial charge >= 0.3 is 0 Å². The van der Waals surface area contributed by atoms with Crippen LogP contribution >= 0.6 is 11.3 Å². The third-order valence-corrected chi connectivity index (χ3v) is 8.02. The summed E-state index contributed by atoms with van der Waals surface area (Å²) >= 11 is 1.13. The maximum absolute atomic E-state index is 12.8. The number of sulfonamides is 1. The molecule has 1 aliphatic heterocycles. The van der Waals surface area contributed by atoms with Crippen molar-refractivity contribution in [3.05, 3.63) is 82.7 Å². The van der Waals surface area contributed by atoms with Crippen LogP contribution in [0.3, 0.4) is 0 Å². The van der Waals surface area contributed by atoms with Crippen LogP contribution in [0.5, 0.6) is 0 Å². The zero-order valence-corrected chi connectivity index (χ0v) is 18.7. The summed E-state index contributed by atoms with van der Waals surface area (Å²) in [5, 5.41) is 4.59. The fourth-order valence-corrected chi connectivity index (χ4v) is 5.69. The van der Waals surface area contributed by atoms with Crippen LogP contribution in [0, 0.1) is 0 Å². The molecule has 0 aliphatic carbocycles. The zero-order chi connectivity index (χ0) is 21.7. The standard InChI is InChI=1S/C23H25N3O3S2/c27-23(24-16-18-9-11-19(12-10-18)17-26-13-3-4-14-26)20-6-1-2-7-21(20)25-31(28,29)22-8-5-15-30-22/h1-2,5-12,15,25H,3-4,13-14,16-17H2,(H,24,27). The number of amides is 1. The molecule has 1 aliphatic rings. The average Bonchev–Trinajstić information content (AvgIpc) is 3.48. The summed E-state index contributed by atoms with van der Waals surface area (Å²) in [5.41, 5.74) is 2.81. The maximum atomic E-state index is 12.8. The summed E-state index contributed by atoms with van der Waals surface area (Å²) in [4.78, 5) is 15.2. The van der Waals surface area contributed by atoms with Crippen molar-refractivity contribution in [2.24, 2.45) is 0 Å². The van der Waals surface area contributed by atoms with Gasteiger partial charge < -0.3 is 5.32 Å². The molecule has 2 aromatic carbocycles. The van der Waals surface area contributed by atoms with Gasteiger partial charge in [0.25, 0.3) is 15.9 Å². The van der Waals surface area contributed by atoms with E-state index in [2.05, 4.69) is 27.1 Å². The smallest absolute Gasteiger partial charge is 0.271 e. The molecule has 0 saturated carbocycles. The Balaban J connectivity index is 1.39. The molecule has 1 amide bonds. The molecule has 4 rings (SSSR count). The summed E-state index contributed by atoms with van der Waals surface area (Å²) in [5.74, 6) is -0.328. The van der Waals surface area contributed by atoms with Crippen molar-refractivity contribution in [3.63, 3.8) is 0 Å². The van der Waals surface area contributed by atoms with Crippen molar-refractivity contribution < 1.29 is 13.2 Å². The lowest BCUT2D eigenvalue weighted by atomic mass is 10.1. The Hall–Kier alpha value is -2.68. The van der Waals surface area contributed by atoms with Crippen LogP contribution in [0.15, 0.2) is 70.3 Å². The normalized spacial score (nSPS) is 14.5. The van der Waals surface area contributed by atoms with Crippen molar-refractivity contribution in [2.75, 3.05) is 17.8 Å². The van der Waals surface area contributed by atoms with Crippen LogP contribution in [-0.2, 0) is 23.1 Å². The van der Waals surface area contributed by atoms with Gasteiger partial charge in [0, 0.05) is 13.1 Å². The van der Waals surface area contributed by atoms with Crippen molar-refractivity contribution in [1.82, 2.24) is 10.2 Å². The van der Waals surface area contributed by atoms with E-state index >= 15 is 0 Å². The van der Waals surface area contributed by atoms with Gasteiger partial charge in [-0.15, -0.1) is 11.3 Å². The molecule has 8 heteroatoms. The van der Waals surface area contributed by atoms with Crippen molar-refractivity contribution in [1.29, 1.82) is 0 Å². The van der Waals surface area contributed by atoms with E-state index in [4.69, 9.17) is 0 Å². The molecular formula is C23H25N3O3S2. The molecule has 0 atom stereocenters. The first-order valence-electron chi connectivity index (χ1n) is 10.2. The second kappa shape index (κ2) is 9.64. The minimum atomic E-state index is -3.72. The first-order chi connectivity index (χ1) is 15.0. The number of para-hydroxylation sites is 1. The molecule has 0 radical (unpaired) electrons. The second-order valence-electron chi connectivity index (χ2n) is 7.57. The molecule has 2 N–H and O–H groups in total. The highest BCUT2D eigenvalue weighted by atomic mass is 32.2. The molecular weight excluding hydrogens is 430 g/mol. The first-order valence-corrected chi connectivity index (χ1v) is 12.6. The molecule has 1 saturated heterocycles. The van der Waals surface area contributed by atoms with Crippen LogP contribution < -0.4 is 10.0 Å². The fraction of sp³-hybridized carbons (Fsp3) is 0.261. The quantitative estimate of drug-likeness (QED) is 0.537. The van der Waals surface area contributed by atoms with Gasteiger partial charge in [-0.05, 0) is 60.6 Å². The molecule has 0 unspecified atom stereocenters. The minimum Gasteiger partial charge on any atom is -0.348 e. The van der Waals surface area contributed by atoms with Crippen LogP contribution in [-0.4, -0.2) is 32.3 Å². The van der Waals surface area contributed by atoms with Crippen molar-refractivity contribution >= 4 is 33.0 Å². The first kappa shape index (κ1) is 21.5. The second-order valence-corrected chi connectivity index (χ2v) is 10.4. The number of thiophene rings is 1. The van der Waals surface area contributed by atoms with Crippen LogP contribution in [0.1, 0.15) is 34.3 Å². The van der Waals surface area contributed by atoms with E-state index in [0.717, 1.165) is 36.5 Å². The van der Waals surface area contributed by atoms with Crippen molar-refractivity contribution in [3.8, 4) is 0 Å². The van der Waals surface area contributed by atoms with Gasteiger partial charge in [0.2, 0.25) is 0 Å². The van der Waals surface area contributed by atoms with E-state index in [9.17, 15) is 13.2 Å². The lowest BCUT2D eigenvalue weighted by molar-refractivity contribution is 0.0952. The number of likely N-dealkylation sites (tertiary alicyclic amines) is 1. The Morgan fingerprint density at radius 3 is 2.35 bits per heavy atom. The number of benzene rings is 2. The zero-order valence-electron chi connectivity index (χ0n) is 17.1. The van der Waals surface area contributed by atoms with Gasteiger partial charge in [0.05, 0.1) is 11.3 Å². The summed E-state index contributed by atoms with van der Waals surface area (Å²) in [6.07, 6.45) is 2.55. The predicted octanol–water partition coefficient (Wildman–Crippen LogP) is 4.07. The summed E-state index contributed by atoms with van der Waals surface area (Å²) < 4.78 is 27.8. The Morgan fingerprint density at radius 1 is 0.935 bits per heavy atom. The van der Waals surface area contributed by atoms with E-state index in [0.29, 0.717) is 6.54 Å². The summed E-state index contributed by atoms with van der Waals surface area (Å²) in [7, 11) is -3.72. The third-order valence-electron chi connectivity index (χ3n) is 5.26. The van der Waals surface area contributed by atoms with Gasteiger partial charge in [0.15, 0.2) is 0 Å². The van der Waals surface area contributed by atoms with Crippen LogP contribution in [0.2, 0.25) is 0 Å². The van der Waals surface area contributed by atoms with E-state index in [1.807, 2.05) is 12.1 Å². The van der Waals surface area contributed by atoms with E-state index in [-0.39, 0.29) is 21.4 Å². The summed E-state index contributed by atoms with van der Waals surface area (Å²) in [6, 6.07) is 18.1. The fourth-order valence-electron chi connectivity index (χ4n) is 3.62. The lowest BCUT2D eigenvalue weighted by Gasteiger charge is -2.15. The average molecular weight is 456 g/mol. The van der Waals surface area contributed by atoms with E-state index < -0.39 is 10.0 Å². The Morgan fingerprint density at radius 2 is 1.65 bits per heavy atom. The van der Waals surface area contributed by atoms with E-state index in [1.165, 1.54) is 24.5 Å². The lowest BCUT2D eigenvalue weighted by Crippen LogP contribution is -2.25. The highest BCUT2D eigenvalue weighted by Crippen LogP contribution is 2.23. The van der Waals surface area contributed by atoms with Crippen LogP contribution in [0.4, 0.5) is 5.69 Å². The molecule has 1 aromatic heterocycles. The number of rotatable bonds is 8. The molecule has 2 heterocycles. The third kappa shape index (κ3) is 5.52. The van der Waals surface area contributed by atoms with Gasteiger partial charge in [-0.3, -0.25) is 14.4 Å². The van der Waals surface area contributed by atoms with Gasteiger partial charge in [0.1, 0.15) is 4.21 Å². The Bertz CT molecular complexity index is 1120. The SMILES string of the molecule is O=C(NCc1ccc(CN2CCCC2)cc1)c1ccccc1NS(=O)(=O)c1cccs1.